The highest BCUT2D eigenvalue weighted by molar-refractivity contribution is 8.00. The SMILES string of the molecule is COC(=O)NCC(=O)Nc1nnc(SCc2ccc(C)cc2)s1. The van der Waals surface area contributed by atoms with Gasteiger partial charge in [-0.3, -0.25) is 10.1 Å². The van der Waals surface area contributed by atoms with Crippen LogP contribution in [-0.2, 0) is 15.3 Å². The van der Waals surface area contributed by atoms with Gasteiger partial charge in [0.15, 0.2) is 4.34 Å². The van der Waals surface area contributed by atoms with Crippen LogP contribution in [0.3, 0.4) is 0 Å². The van der Waals surface area contributed by atoms with Crippen molar-refractivity contribution in [2.75, 3.05) is 19.0 Å². The van der Waals surface area contributed by atoms with E-state index >= 15 is 0 Å². The maximum Gasteiger partial charge on any atom is 0.407 e. The number of nitrogens with one attached hydrogen (secondary N) is 2. The van der Waals surface area contributed by atoms with Crippen molar-refractivity contribution in [3.05, 3.63) is 35.4 Å². The summed E-state index contributed by atoms with van der Waals surface area (Å²) >= 11 is 2.84. The third kappa shape index (κ3) is 5.87. The van der Waals surface area contributed by atoms with Crippen molar-refractivity contribution in [3.63, 3.8) is 0 Å². The van der Waals surface area contributed by atoms with Crippen LogP contribution < -0.4 is 10.6 Å². The summed E-state index contributed by atoms with van der Waals surface area (Å²) in [6.07, 6.45) is -0.660. The van der Waals surface area contributed by atoms with Crippen molar-refractivity contribution < 1.29 is 14.3 Å². The van der Waals surface area contributed by atoms with Crippen LogP contribution in [0.1, 0.15) is 11.1 Å². The normalized spacial score (nSPS) is 10.2. The van der Waals surface area contributed by atoms with Crippen LogP contribution in [0.15, 0.2) is 28.6 Å². The van der Waals surface area contributed by atoms with Gasteiger partial charge in [-0.2, -0.15) is 0 Å². The summed E-state index contributed by atoms with van der Waals surface area (Å²) in [5.74, 6) is 0.397. The van der Waals surface area contributed by atoms with E-state index in [1.54, 1.807) is 11.8 Å². The lowest BCUT2D eigenvalue weighted by molar-refractivity contribution is -0.115. The number of benzene rings is 1. The molecule has 2 amide bonds. The van der Waals surface area contributed by atoms with Gasteiger partial charge in [-0.25, -0.2) is 4.79 Å². The minimum Gasteiger partial charge on any atom is -0.453 e. The molecule has 1 heterocycles. The number of ether oxygens (including phenoxy) is 1. The summed E-state index contributed by atoms with van der Waals surface area (Å²) in [5.41, 5.74) is 2.42. The number of aromatic nitrogens is 2. The van der Waals surface area contributed by atoms with Gasteiger partial charge >= 0.3 is 6.09 Å². The average Bonchev–Trinajstić information content (AvgIpc) is 2.99. The third-order valence-corrected chi connectivity index (χ3v) is 4.76. The Morgan fingerprint density at radius 3 is 2.70 bits per heavy atom. The predicted octanol–water partition coefficient (Wildman–Crippen LogP) is 2.43. The van der Waals surface area contributed by atoms with Gasteiger partial charge in [0.05, 0.1) is 7.11 Å². The van der Waals surface area contributed by atoms with Crippen LogP contribution in [-0.4, -0.2) is 35.9 Å². The van der Waals surface area contributed by atoms with E-state index < -0.39 is 6.09 Å². The van der Waals surface area contributed by atoms with Gasteiger partial charge in [-0.05, 0) is 12.5 Å². The Kier molecular flexibility index (Phi) is 6.36. The summed E-state index contributed by atoms with van der Waals surface area (Å²) in [6.45, 7) is 1.86. The standard InChI is InChI=1S/C14H16N4O3S2/c1-9-3-5-10(6-4-9)8-22-14-18-17-12(23-14)16-11(19)7-15-13(20)21-2/h3-6H,7-8H2,1-2H3,(H,15,20)(H,16,17,19). The molecule has 0 aliphatic rings. The highest BCUT2D eigenvalue weighted by Crippen LogP contribution is 2.28. The molecule has 0 saturated heterocycles. The van der Waals surface area contributed by atoms with E-state index in [1.165, 1.54) is 29.6 Å². The van der Waals surface area contributed by atoms with Gasteiger partial charge in [-0.1, -0.05) is 52.9 Å². The second-order valence-corrected chi connectivity index (χ2v) is 6.74. The molecule has 0 saturated carbocycles. The quantitative estimate of drug-likeness (QED) is 0.613. The van der Waals surface area contributed by atoms with Crippen molar-refractivity contribution >= 4 is 40.2 Å². The zero-order chi connectivity index (χ0) is 16.7. The molecule has 0 aliphatic carbocycles. The lowest BCUT2D eigenvalue weighted by Crippen LogP contribution is -2.32. The molecule has 0 radical (unpaired) electrons. The molecule has 0 bridgehead atoms. The molecule has 1 aromatic heterocycles. The molecular formula is C14H16N4O3S2. The number of methoxy groups -OCH3 is 1. The van der Waals surface area contributed by atoms with Gasteiger partial charge in [0, 0.05) is 5.75 Å². The third-order valence-electron chi connectivity index (χ3n) is 2.71. The summed E-state index contributed by atoms with van der Waals surface area (Å²) in [5, 5.41) is 13.2. The maximum absolute atomic E-state index is 11.6. The Morgan fingerprint density at radius 1 is 1.26 bits per heavy atom. The molecule has 7 nitrogen and oxygen atoms in total. The Bertz CT molecular complexity index is 673. The predicted molar refractivity (Wildman–Crippen MR) is 89.7 cm³/mol. The Balaban J connectivity index is 1.79. The molecule has 2 rings (SSSR count). The first-order valence-electron chi connectivity index (χ1n) is 6.70. The molecule has 122 valence electrons. The summed E-state index contributed by atoms with van der Waals surface area (Å²) in [7, 11) is 1.23. The molecule has 2 aromatic rings. The lowest BCUT2D eigenvalue weighted by Gasteiger charge is -2.02. The van der Waals surface area contributed by atoms with Gasteiger partial charge in [0.25, 0.3) is 0 Å². The highest BCUT2D eigenvalue weighted by Gasteiger charge is 2.10. The van der Waals surface area contributed by atoms with E-state index in [9.17, 15) is 9.59 Å². The van der Waals surface area contributed by atoms with E-state index in [2.05, 4.69) is 49.8 Å². The van der Waals surface area contributed by atoms with Crippen LogP contribution >= 0.6 is 23.1 Å². The van der Waals surface area contributed by atoms with E-state index in [1.807, 2.05) is 6.92 Å². The highest BCUT2D eigenvalue weighted by atomic mass is 32.2. The molecule has 2 N–H and O–H groups in total. The second kappa shape index (κ2) is 8.49. The number of anilines is 1. The Morgan fingerprint density at radius 2 is 2.00 bits per heavy atom. The van der Waals surface area contributed by atoms with Crippen molar-refractivity contribution in [2.24, 2.45) is 0 Å². The fraction of sp³-hybridized carbons (Fsp3) is 0.286. The molecule has 0 spiro atoms. The number of amides is 2. The summed E-state index contributed by atoms with van der Waals surface area (Å²) < 4.78 is 5.14. The first kappa shape index (κ1) is 17.2. The number of thioether (sulfide) groups is 1. The fourth-order valence-corrected chi connectivity index (χ4v) is 3.26. The number of hydrogen-bond donors (Lipinski definition) is 2. The number of nitrogens with zero attached hydrogens (tertiary/aromatic N) is 2. The number of carbonyl (C=O) groups excluding carboxylic acids is 2. The van der Waals surface area contributed by atoms with Crippen molar-refractivity contribution in [3.8, 4) is 0 Å². The largest absolute Gasteiger partial charge is 0.453 e. The topological polar surface area (TPSA) is 93.2 Å². The number of hydrogen-bond acceptors (Lipinski definition) is 7. The zero-order valence-corrected chi connectivity index (χ0v) is 14.3. The van der Waals surface area contributed by atoms with Crippen LogP contribution in [0, 0.1) is 6.92 Å². The van der Waals surface area contributed by atoms with E-state index in [4.69, 9.17) is 0 Å². The molecular weight excluding hydrogens is 336 g/mol. The molecule has 0 fully saturated rings. The smallest absolute Gasteiger partial charge is 0.407 e. The zero-order valence-electron chi connectivity index (χ0n) is 12.7. The van der Waals surface area contributed by atoms with E-state index in [0.717, 1.165) is 10.1 Å². The first-order chi connectivity index (χ1) is 11.1. The molecule has 9 heteroatoms. The monoisotopic (exact) mass is 352 g/mol. The minimum absolute atomic E-state index is 0.182. The van der Waals surface area contributed by atoms with Gasteiger partial charge in [0.1, 0.15) is 6.54 Å². The summed E-state index contributed by atoms with van der Waals surface area (Å²) in [6, 6.07) is 8.28. The Hall–Kier alpha value is -2.13. The van der Waals surface area contributed by atoms with Gasteiger partial charge < -0.3 is 10.1 Å². The molecule has 23 heavy (non-hydrogen) atoms. The first-order valence-corrected chi connectivity index (χ1v) is 8.50. The van der Waals surface area contributed by atoms with Crippen molar-refractivity contribution in [1.82, 2.24) is 15.5 Å². The minimum atomic E-state index is -0.660. The number of rotatable bonds is 6. The molecule has 0 aliphatic heterocycles. The van der Waals surface area contributed by atoms with Gasteiger partial charge in [-0.15, -0.1) is 10.2 Å². The fourth-order valence-electron chi connectivity index (χ4n) is 1.54. The molecule has 0 atom stereocenters. The van der Waals surface area contributed by atoms with Gasteiger partial charge in [0.2, 0.25) is 11.0 Å². The average molecular weight is 352 g/mol. The maximum atomic E-state index is 11.6. The van der Waals surface area contributed by atoms with Crippen LogP contribution in [0.25, 0.3) is 0 Å². The number of alkyl carbamates (subject to hydrolysis) is 1. The van der Waals surface area contributed by atoms with Crippen molar-refractivity contribution in [1.29, 1.82) is 0 Å². The summed E-state index contributed by atoms with van der Waals surface area (Å²) in [4.78, 5) is 22.5. The Labute approximate surface area is 141 Å². The van der Waals surface area contributed by atoms with E-state index in [-0.39, 0.29) is 12.5 Å². The van der Waals surface area contributed by atoms with E-state index in [0.29, 0.717) is 5.13 Å². The molecule has 1 aromatic carbocycles. The molecule has 0 unspecified atom stereocenters. The number of carbonyl (C=O) groups is 2. The van der Waals surface area contributed by atoms with Crippen molar-refractivity contribution in [2.45, 2.75) is 17.0 Å². The van der Waals surface area contributed by atoms with Crippen LogP contribution in [0.4, 0.5) is 9.93 Å². The van der Waals surface area contributed by atoms with Crippen LogP contribution in [0.2, 0.25) is 0 Å². The number of aryl methyl sites for hydroxylation is 1. The second-order valence-electron chi connectivity index (χ2n) is 4.54. The lowest BCUT2D eigenvalue weighted by atomic mass is 10.2. The van der Waals surface area contributed by atoms with Crippen LogP contribution in [0.5, 0.6) is 0 Å².